The van der Waals surface area contributed by atoms with E-state index in [2.05, 4.69) is 10.6 Å². The van der Waals surface area contributed by atoms with Crippen LogP contribution in [0.5, 0.6) is 0 Å². The van der Waals surface area contributed by atoms with Crippen LogP contribution >= 0.6 is 11.8 Å². The Labute approximate surface area is 211 Å². The molecule has 2 heterocycles. The van der Waals surface area contributed by atoms with Crippen LogP contribution in [0.25, 0.3) is 0 Å². The third-order valence-corrected chi connectivity index (χ3v) is 7.33. The fourth-order valence-electron chi connectivity index (χ4n) is 4.12. The van der Waals surface area contributed by atoms with Gasteiger partial charge in [-0.25, -0.2) is 4.79 Å². The van der Waals surface area contributed by atoms with Crippen LogP contribution in [0.2, 0.25) is 0 Å². The molecular weight excluding hydrogens is 478 g/mol. The number of aliphatic carboxylic acids is 1. The summed E-state index contributed by atoms with van der Waals surface area (Å²) in [4.78, 5) is 36.3. The molecule has 11 nitrogen and oxygen atoms in total. The maximum atomic E-state index is 12.0. The summed E-state index contributed by atoms with van der Waals surface area (Å²) in [5.74, 6) is 0.140. The summed E-state index contributed by atoms with van der Waals surface area (Å²) in [6, 6.07) is 0.614. The molecule has 35 heavy (non-hydrogen) atoms. The molecule has 2 unspecified atom stereocenters. The van der Waals surface area contributed by atoms with Crippen LogP contribution in [0.4, 0.5) is 4.79 Å². The Balaban J connectivity index is 1.33. The molecule has 3 atom stereocenters. The largest absolute Gasteiger partial charge is 0.481 e. The summed E-state index contributed by atoms with van der Waals surface area (Å²) in [5.41, 5.74) is 0. The second-order valence-corrected chi connectivity index (χ2v) is 9.67. The van der Waals surface area contributed by atoms with Gasteiger partial charge in [0, 0.05) is 30.5 Å². The number of rotatable bonds is 21. The normalized spacial score (nSPS) is 21.2. The summed E-state index contributed by atoms with van der Waals surface area (Å²) in [5, 5.41) is 14.9. The maximum absolute atomic E-state index is 12.0. The first-order valence-electron chi connectivity index (χ1n) is 12.5. The quantitative estimate of drug-likeness (QED) is 0.150. The van der Waals surface area contributed by atoms with E-state index in [1.54, 1.807) is 0 Å². The summed E-state index contributed by atoms with van der Waals surface area (Å²) in [6.45, 7) is 6.40. The highest BCUT2D eigenvalue weighted by atomic mass is 32.2. The van der Waals surface area contributed by atoms with Gasteiger partial charge in [0.2, 0.25) is 5.91 Å². The molecule has 0 spiro atoms. The van der Waals surface area contributed by atoms with Crippen molar-refractivity contribution in [2.45, 2.75) is 56.4 Å². The van der Waals surface area contributed by atoms with Gasteiger partial charge in [-0.3, -0.25) is 9.59 Å². The van der Waals surface area contributed by atoms with Crippen molar-refractivity contribution >= 4 is 29.7 Å². The number of carboxylic acid groups (broad SMARTS) is 1. The molecule has 2 rings (SSSR count). The van der Waals surface area contributed by atoms with Crippen molar-refractivity contribution < 1.29 is 38.4 Å². The highest BCUT2D eigenvalue weighted by Gasteiger charge is 2.47. The van der Waals surface area contributed by atoms with Gasteiger partial charge in [-0.05, 0) is 19.8 Å². The number of thioether (sulfide) groups is 1. The van der Waals surface area contributed by atoms with Crippen LogP contribution in [0, 0.1) is 0 Å². The zero-order valence-electron chi connectivity index (χ0n) is 20.7. The van der Waals surface area contributed by atoms with Crippen molar-refractivity contribution in [1.82, 2.24) is 15.5 Å². The number of carbonyl (C=O) groups excluding carboxylic acids is 2. The van der Waals surface area contributed by atoms with Crippen molar-refractivity contribution in [2.75, 3.05) is 71.7 Å². The van der Waals surface area contributed by atoms with Gasteiger partial charge in [-0.1, -0.05) is 6.42 Å². The lowest BCUT2D eigenvalue weighted by molar-refractivity contribution is -0.138. The first kappa shape index (κ1) is 29.6. The van der Waals surface area contributed by atoms with Gasteiger partial charge in [0.15, 0.2) is 0 Å². The van der Waals surface area contributed by atoms with Crippen molar-refractivity contribution in [1.29, 1.82) is 0 Å². The van der Waals surface area contributed by atoms with Crippen LogP contribution in [-0.4, -0.2) is 117 Å². The summed E-state index contributed by atoms with van der Waals surface area (Å²) in [6.07, 6.45) is 3.36. The Hall–Kier alpha value is -1.60. The van der Waals surface area contributed by atoms with Crippen molar-refractivity contribution in [2.24, 2.45) is 0 Å². The SMILES string of the molecule is CCN1C(=O)NC2CS[C@@H](CCCCC(=O)NCCOCCOCCOCCOCCC(=O)O)C21. The summed E-state index contributed by atoms with van der Waals surface area (Å²) < 4.78 is 21.3. The highest BCUT2D eigenvalue weighted by molar-refractivity contribution is 8.00. The monoisotopic (exact) mass is 519 g/mol. The minimum atomic E-state index is -0.877. The van der Waals surface area contributed by atoms with E-state index in [9.17, 15) is 14.4 Å². The molecule has 0 aromatic carbocycles. The molecule has 2 saturated heterocycles. The number of urea groups is 1. The van der Waals surface area contributed by atoms with E-state index in [0.717, 1.165) is 31.6 Å². The molecule has 2 aliphatic heterocycles. The standard InChI is InChI=1S/C23H41N3O8S/c1-2-26-22-18(25-23(26)30)17-35-19(22)5-3-4-6-20(27)24-8-10-32-12-14-34-16-15-33-13-11-31-9-7-21(28)29/h18-19,22H,2-17H2,1H3,(H,24,27)(H,25,30)(H,28,29)/t18?,19-,22?/m0/s1. The molecule has 3 amide bonds. The molecule has 0 radical (unpaired) electrons. The van der Waals surface area contributed by atoms with Crippen LogP contribution < -0.4 is 10.6 Å². The fourth-order valence-corrected chi connectivity index (χ4v) is 5.72. The number of hydrogen-bond donors (Lipinski definition) is 3. The van der Waals surface area contributed by atoms with Gasteiger partial charge in [-0.15, -0.1) is 0 Å². The van der Waals surface area contributed by atoms with E-state index in [1.165, 1.54) is 0 Å². The Morgan fingerprint density at radius 1 is 1.00 bits per heavy atom. The smallest absolute Gasteiger partial charge is 0.318 e. The zero-order valence-corrected chi connectivity index (χ0v) is 21.5. The van der Waals surface area contributed by atoms with E-state index in [1.807, 2.05) is 23.6 Å². The van der Waals surface area contributed by atoms with Crippen LogP contribution in [0.1, 0.15) is 39.0 Å². The third-order valence-electron chi connectivity index (χ3n) is 5.84. The molecule has 0 aliphatic carbocycles. The number of carbonyl (C=O) groups is 3. The minimum absolute atomic E-state index is 0.00548. The number of unbranched alkanes of at least 4 members (excludes halogenated alkanes) is 1. The van der Waals surface area contributed by atoms with Crippen LogP contribution in [0.15, 0.2) is 0 Å². The topological polar surface area (TPSA) is 136 Å². The molecule has 0 aromatic rings. The third kappa shape index (κ3) is 11.8. The fraction of sp³-hybridized carbons (Fsp3) is 0.870. The molecule has 3 N–H and O–H groups in total. The Kier molecular flexibility index (Phi) is 15.0. The second kappa shape index (κ2) is 17.8. The summed E-state index contributed by atoms with van der Waals surface area (Å²) >= 11 is 1.94. The van der Waals surface area contributed by atoms with Gasteiger partial charge in [0.1, 0.15) is 0 Å². The first-order valence-corrected chi connectivity index (χ1v) is 13.6. The average molecular weight is 520 g/mol. The van der Waals surface area contributed by atoms with E-state index in [-0.39, 0.29) is 37.0 Å². The van der Waals surface area contributed by atoms with Gasteiger partial charge in [0.25, 0.3) is 0 Å². The number of likely N-dealkylation sites (N-methyl/N-ethyl adjacent to an activating group) is 1. The number of nitrogens with one attached hydrogen (secondary N) is 2. The predicted octanol–water partition coefficient (Wildman–Crippen LogP) is 1.10. The predicted molar refractivity (Wildman–Crippen MR) is 132 cm³/mol. The van der Waals surface area contributed by atoms with E-state index < -0.39 is 5.97 Å². The lowest BCUT2D eigenvalue weighted by Gasteiger charge is -2.26. The van der Waals surface area contributed by atoms with Gasteiger partial charge < -0.3 is 39.6 Å². The Morgan fingerprint density at radius 3 is 2.26 bits per heavy atom. The Bertz CT molecular complexity index is 642. The maximum Gasteiger partial charge on any atom is 0.318 e. The molecule has 0 bridgehead atoms. The Morgan fingerprint density at radius 2 is 1.63 bits per heavy atom. The van der Waals surface area contributed by atoms with E-state index in [4.69, 9.17) is 24.1 Å². The first-order chi connectivity index (χ1) is 17.0. The molecule has 2 aliphatic rings. The van der Waals surface area contributed by atoms with Crippen molar-refractivity contribution in [3.05, 3.63) is 0 Å². The molecule has 202 valence electrons. The van der Waals surface area contributed by atoms with Crippen LogP contribution in [-0.2, 0) is 28.5 Å². The second-order valence-electron chi connectivity index (χ2n) is 8.39. The lowest BCUT2D eigenvalue weighted by atomic mass is 10.0. The van der Waals surface area contributed by atoms with E-state index in [0.29, 0.717) is 64.5 Å². The molecule has 2 fully saturated rings. The number of nitrogens with zero attached hydrogens (tertiary/aromatic N) is 1. The number of fused-ring (bicyclic) bond motifs is 1. The van der Waals surface area contributed by atoms with Gasteiger partial charge >= 0.3 is 12.0 Å². The van der Waals surface area contributed by atoms with E-state index >= 15 is 0 Å². The molecular formula is C23H41N3O8S. The summed E-state index contributed by atoms with van der Waals surface area (Å²) in [7, 11) is 0. The number of amides is 3. The average Bonchev–Trinajstić information content (AvgIpc) is 3.36. The number of ether oxygens (including phenoxy) is 4. The highest BCUT2D eigenvalue weighted by Crippen LogP contribution is 2.37. The number of hydrogen-bond acceptors (Lipinski definition) is 8. The van der Waals surface area contributed by atoms with Crippen LogP contribution in [0.3, 0.4) is 0 Å². The lowest BCUT2D eigenvalue weighted by Crippen LogP contribution is -2.40. The molecule has 12 heteroatoms. The van der Waals surface area contributed by atoms with Gasteiger partial charge in [-0.2, -0.15) is 11.8 Å². The zero-order chi connectivity index (χ0) is 25.3. The minimum Gasteiger partial charge on any atom is -0.481 e. The molecule has 0 aromatic heterocycles. The molecule has 0 saturated carbocycles. The van der Waals surface area contributed by atoms with Crippen molar-refractivity contribution in [3.63, 3.8) is 0 Å². The number of carboxylic acids is 1. The van der Waals surface area contributed by atoms with Gasteiger partial charge in [0.05, 0.1) is 71.4 Å². The van der Waals surface area contributed by atoms with Crippen molar-refractivity contribution in [3.8, 4) is 0 Å².